The van der Waals surface area contributed by atoms with Gasteiger partial charge in [-0.2, -0.15) is 0 Å². The lowest BCUT2D eigenvalue weighted by atomic mass is 10.2. The van der Waals surface area contributed by atoms with Gasteiger partial charge in [0, 0.05) is 44.7 Å². The van der Waals surface area contributed by atoms with E-state index < -0.39 is 15.6 Å². The molecule has 0 spiro atoms. The summed E-state index contributed by atoms with van der Waals surface area (Å²) in [4.78, 5) is 38.5. The number of ether oxygens (including phenoxy) is 2. The first kappa shape index (κ1) is 28.0. The second-order valence-corrected chi connectivity index (χ2v) is 15.7. The van der Waals surface area contributed by atoms with Crippen molar-refractivity contribution in [3.8, 4) is 0 Å². The minimum absolute atomic E-state index is 0.0718. The van der Waals surface area contributed by atoms with Crippen LogP contribution >= 0.6 is 10.0 Å². The zero-order valence-electron chi connectivity index (χ0n) is 23.0. The molecule has 1 N–H and O–H groups in total. The van der Waals surface area contributed by atoms with Crippen LogP contribution < -0.4 is 10.2 Å². The fraction of sp³-hybridized carbons (Fsp3) is 0.680. The van der Waals surface area contributed by atoms with E-state index in [1.165, 1.54) is 0 Å². The average Bonchev–Trinajstić information content (AvgIpc) is 3.40. The molecule has 1 saturated heterocycles. The third-order valence-corrected chi connectivity index (χ3v) is 7.32. The minimum atomic E-state index is -0.643. The van der Waals surface area contributed by atoms with Crippen molar-refractivity contribution in [1.82, 2.24) is 24.8 Å². The highest BCUT2D eigenvalue weighted by atomic mass is 32.3. The summed E-state index contributed by atoms with van der Waals surface area (Å²) in [5.41, 5.74) is 1.09. The lowest BCUT2D eigenvalue weighted by Gasteiger charge is -2.27. The van der Waals surface area contributed by atoms with Crippen molar-refractivity contribution in [1.29, 1.82) is 0 Å². The number of hydrogen-bond donors (Lipinski definition) is 1. The standard InChI is InChI=1S/C25H42N6O4S/c1-9-26-23(32)19-16-31(17-34-12-13-36(6,7)8)22-21(19)28-20(14-27-22)29(5)18-10-11-30(15-18)24(33)35-25(2,3)4/h14,16,18H,9-13,15,17H2,1-8H3,(H,26,32). The Morgan fingerprint density at radius 2 is 2.00 bits per heavy atom. The number of rotatable bonds is 9. The Morgan fingerprint density at radius 1 is 1.28 bits per heavy atom. The third kappa shape index (κ3) is 7.25. The van der Waals surface area contributed by atoms with E-state index in [4.69, 9.17) is 14.5 Å². The minimum Gasteiger partial charge on any atom is -0.444 e. The summed E-state index contributed by atoms with van der Waals surface area (Å²) in [7, 11) is 1.30. The van der Waals surface area contributed by atoms with Crippen LogP contribution in [-0.4, -0.2) is 101 Å². The summed E-state index contributed by atoms with van der Waals surface area (Å²) in [6.07, 6.45) is 10.8. The molecule has 3 rings (SSSR count). The van der Waals surface area contributed by atoms with E-state index in [-0.39, 0.29) is 18.0 Å². The highest BCUT2D eigenvalue weighted by molar-refractivity contribution is 8.32. The fourth-order valence-corrected chi connectivity index (χ4v) is 4.56. The van der Waals surface area contributed by atoms with E-state index in [9.17, 15) is 9.59 Å². The largest absolute Gasteiger partial charge is 0.444 e. The number of nitrogens with one attached hydrogen (secondary N) is 1. The van der Waals surface area contributed by atoms with Gasteiger partial charge in [-0.3, -0.25) is 4.79 Å². The molecule has 1 atom stereocenters. The maximum Gasteiger partial charge on any atom is 0.410 e. The van der Waals surface area contributed by atoms with Crippen molar-refractivity contribution in [2.75, 3.05) is 62.7 Å². The summed E-state index contributed by atoms with van der Waals surface area (Å²) in [5, 5.41) is 2.87. The molecular weight excluding hydrogens is 480 g/mol. The summed E-state index contributed by atoms with van der Waals surface area (Å²) < 4.78 is 13.3. The van der Waals surface area contributed by atoms with Gasteiger partial charge in [0.25, 0.3) is 5.91 Å². The van der Waals surface area contributed by atoms with Gasteiger partial charge in [-0.1, -0.05) is 0 Å². The molecule has 1 aliphatic rings. The van der Waals surface area contributed by atoms with Crippen molar-refractivity contribution in [2.45, 2.75) is 52.5 Å². The number of nitrogens with zero attached hydrogens (tertiary/aromatic N) is 5. The zero-order chi connectivity index (χ0) is 26.7. The number of aromatic nitrogens is 3. The van der Waals surface area contributed by atoms with Crippen LogP contribution in [0.15, 0.2) is 12.4 Å². The predicted octanol–water partition coefficient (Wildman–Crippen LogP) is 3.29. The molecule has 3 heterocycles. The number of fused-ring (bicyclic) bond motifs is 1. The second-order valence-electron chi connectivity index (χ2n) is 11.1. The van der Waals surface area contributed by atoms with Crippen LogP contribution in [0.2, 0.25) is 0 Å². The van der Waals surface area contributed by atoms with Crippen molar-refractivity contribution in [3.05, 3.63) is 18.0 Å². The SMILES string of the molecule is CCNC(=O)c1cn(COCCS(C)(C)C)c2ncc(N(C)C3CCN(C(=O)OC(C)(C)C)C3)nc12. The van der Waals surface area contributed by atoms with Gasteiger partial charge in [0.1, 0.15) is 23.7 Å². The van der Waals surface area contributed by atoms with Crippen LogP contribution in [0.4, 0.5) is 10.6 Å². The highest BCUT2D eigenvalue weighted by Crippen LogP contribution is 2.33. The third-order valence-electron chi connectivity index (χ3n) is 5.93. The van der Waals surface area contributed by atoms with Crippen molar-refractivity contribution < 1.29 is 19.1 Å². The van der Waals surface area contributed by atoms with Crippen LogP contribution in [0.25, 0.3) is 11.2 Å². The summed E-state index contributed by atoms with van der Waals surface area (Å²) in [5.74, 6) is 1.48. The van der Waals surface area contributed by atoms with Gasteiger partial charge in [-0.25, -0.2) is 24.8 Å². The number of carbonyl (C=O) groups excluding carboxylic acids is 2. The van der Waals surface area contributed by atoms with Crippen molar-refractivity contribution in [2.24, 2.45) is 0 Å². The summed E-state index contributed by atoms with van der Waals surface area (Å²) in [6.45, 7) is 10.1. The van der Waals surface area contributed by atoms with Crippen LogP contribution in [0.3, 0.4) is 0 Å². The monoisotopic (exact) mass is 522 g/mol. The van der Waals surface area contributed by atoms with Crippen LogP contribution in [0, 0.1) is 0 Å². The Kier molecular flexibility index (Phi) is 8.76. The van der Waals surface area contributed by atoms with Gasteiger partial charge in [-0.05, 0) is 52.9 Å². The first-order chi connectivity index (χ1) is 16.8. The van der Waals surface area contributed by atoms with Gasteiger partial charge in [0.15, 0.2) is 5.65 Å². The maximum atomic E-state index is 12.8. The van der Waals surface area contributed by atoms with Gasteiger partial charge in [0.2, 0.25) is 0 Å². The zero-order valence-corrected chi connectivity index (χ0v) is 23.8. The molecule has 1 unspecified atom stereocenters. The smallest absolute Gasteiger partial charge is 0.410 e. The summed E-state index contributed by atoms with van der Waals surface area (Å²) in [6, 6.07) is 0.0718. The van der Waals surface area contributed by atoms with Gasteiger partial charge in [0.05, 0.1) is 18.4 Å². The number of hydrogen-bond acceptors (Lipinski definition) is 7. The average molecular weight is 523 g/mol. The Hall–Kier alpha value is -2.53. The lowest BCUT2D eigenvalue weighted by Crippen LogP contribution is -2.39. The van der Waals surface area contributed by atoms with Gasteiger partial charge >= 0.3 is 6.09 Å². The molecule has 0 saturated carbocycles. The molecular formula is C25H42N6O4S. The molecule has 202 valence electrons. The van der Waals surface area contributed by atoms with Crippen LogP contribution in [0.5, 0.6) is 0 Å². The van der Waals surface area contributed by atoms with Crippen LogP contribution in [0.1, 0.15) is 44.5 Å². The second kappa shape index (κ2) is 11.2. The number of carbonyl (C=O) groups is 2. The molecule has 0 aromatic carbocycles. The first-order valence-electron chi connectivity index (χ1n) is 12.4. The van der Waals surface area contributed by atoms with Crippen molar-refractivity contribution in [3.63, 3.8) is 0 Å². The van der Waals surface area contributed by atoms with E-state index in [2.05, 4.69) is 29.1 Å². The first-order valence-corrected chi connectivity index (χ1v) is 15.4. The van der Waals surface area contributed by atoms with Crippen LogP contribution in [-0.2, 0) is 16.2 Å². The number of likely N-dealkylation sites (N-methyl/N-ethyl adjacent to an activating group) is 1. The Balaban J connectivity index is 1.79. The van der Waals surface area contributed by atoms with Crippen molar-refractivity contribution >= 4 is 39.0 Å². The van der Waals surface area contributed by atoms with Gasteiger partial charge in [-0.15, -0.1) is 0 Å². The molecule has 2 aromatic rings. The molecule has 0 aliphatic carbocycles. The number of amides is 2. The topological polar surface area (TPSA) is 102 Å². The Bertz CT molecular complexity index is 1070. The molecule has 36 heavy (non-hydrogen) atoms. The number of likely N-dealkylation sites (tertiary alicyclic amines) is 1. The molecule has 10 nitrogen and oxygen atoms in total. The Morgan fingerprint density at radius 3 is 2.64 bits per heavy atom. The van der Waals surface area contributed by atoms with E-state index in [0.29, 0.717) is 55.5 Å². The molecule has 2 amide bonds. The molecule has 0 radical (unpaired) electrons. The lowest BCUT2D eigenvalue weighted by molar-refractivity contribution is 0.0292. The van der Waals surface area contributed by atoms with E-state index >= 15 is 0 Å². The maximum absolute atomic E-state index is 12.8. The number of anilines is 1. The normalized spacial score (nSPS) is 16.9. The molecule has 0 bridgehead atoms. The molecule has 11 heteroatoms. The highest BCUT2D eigenvalue weighted by Gasteiger charge is 2.32. The summed E-state index contributed by atoms with van der Waals surface area (Å²) >= 11 is 0. The molecule has 1 aliphatic heterocycles. The van der Waals surface area contributed by atoms with E-state index in [0.717, 1.165) is 12.2 Å². The predicted molar refractivity (Wildman–Crippen MR) is 146 cm³/mol. The van der Waals surface area contributed by atoms with Gasteiger partial charge < -0.3 is 29.2 Å². The van der Waals surface area contributed by atoms with E-state index in [1.807, 2.05) is 44.2 Å². The molecule has 2 aromatic heterocycles. The van der Waals surface area contributed by atoms with E-state index in [1.54, 1.807) is 17.3 Å². The quantitative estimate of drug-likeness (QED) is 0.504. The Labute approximate surface area is 216 Å². The fourth-order valence-electron chi connectivity index (χ4n) is 3.94. The molecule has 1 fully saturated rings.